The fraction of sp³-hybridized carbons (Fsp3) is 0.333. The van der Waals surface area contributed by atoms with E-state index in [4.69, 9.17) is 0 Å². The molecule has 0 aliphatic heterocycles. The van der Waals surface area contributed by atoms with E-state index in [0.29, 0.717) is 11.0 Å². The van der Waals surface area contributed by atoms with Crippen LogP contribution in [0.5, 0.6) is 0 Å². The van der Waals surface area contributed by atoms with Crippen LogP contribution < -0.4 is 0 Å². The molecule has 2 aromatic rings. The van der Waals surface area contributed by atoms with Gasteiger partial charge >= 0.3 is 0 Å². The maximum absolute atomic E-state index is 2.45. The van der Waals surface area contributed by atoms with Gasteiger partial charge in [0.2, 0.25) is 0 Å². The number of hydrogen-bond donors (Lipinski definition) is 0. The van der Waals surface area contributed by atoms with Crippen molar-refractivity contribution in [3.8, 4) is 0 Å². The standard InChI is InChI=1S/C18H24Si/c1-4-19-18(2,3)17(15-11-7-5-8-12-15)16-13-9-6-10-14-16/h5-14,17H,4,19H2,1-3H3. The van der Waals surface area contributed by atoms with Gasteiger partial charge in [-0.15, -0.1) is 0 Å². The molecule has 0 heterocycles. The molecule has 19 heavy (non-hydrogen) atoms. The molecule has 0 aromatic heterocycles. The van der Waals surface area contributed by atoms with Gasteiger partial charge in [0.15, 0.2) is 0 Å². The normalized spacial score (nSPS) is 12.4. The summed E-state index contributed by atoms with van der Waals surface area (Å²) in [5, 5.41) is 0.414. The maximum atomic E-state index is 2.45. The summed E-state index contributed by atoms with van der Waals surface area (Å²) in [6.45, 7) is 7.24. The SMILES string of the molecule is CC[SiH2]C(C)(C)C(c1ccccc1)c1ccccc1. The summed E-state index contributed by atoms with van der Waals surface area (Å²) < 4.78 is 0. The first-order valence-electron chi connectivity index (χ1n) is 7.25. The van der Waals surface area contributed by atoms with Crippen LogP contribution in [0.4, 0.5) is 0 Å². The zero-order valence-electron chi connectivity index (χ0n) is 12.3. The Morgan fingerprint density at radius 2 is 1.26 bits per heavy atom. The van der Waals surface area contributed by atoms with E-state index in [1.165, 1.54) is 17.2 Å². The van der Waals surface area contributed by atoms with Crippen molar-refractivity contribution in [3.63, 3.8) is 0 Å². The Labute approximate surface area is 119 Å². The quantitative estimate of drug-likeness (QED) is 0.694. The zero-order chi connectivity index (χ0) is 13.7. The largest absolute Gasteiger partial charge is 0.0683 e. The van der Waals surface area contributed by atoms with E-state index in [1.54, 1.807) is 0 Å². The van der Waals surface area contributed by atoms with E-state index in [-0.39, 0.29) is 9.52 Å². The Morgan fingerprint density at radius 3 is 1.63 bits per heavy atom. The van der Waals surface area contributed by atoms with E-state index in [0.717, 1.165) is 0 Å². The van der Waals surface area contributed by atoms with Crippen LogP contribution in [0.25, 0.3) is 0 Å². The summed E-state index contributed by atoms with van der Waals surface area (Å²) in [4.78, 5) is 0. The monoisotopic (exact) mass is 268 g/mol. The van der Waals surface area contributed by atoms with Crippen LogP contribution in [-0.2, 0) is 0 Å². The van der Waals surface area contributed by atoms with Gasteiger partial charge in [-0.2, -0.15) is 0 Å². The van der Waals surface area contributed by atoms with Gasteiger partial charge in [-0.1, -0.05) is 87.5 Å². The highest BCUT2D eigenvalue weighted by Gasteiger charge is 2.31. The Morgan fingerprint density at radius 1 is 0.842 bits per heavy atom. The summed E-state index contributed by atoms with van der Waals surface area (Å²) in [7, 11) is -0.0854. The van der Waals surface area contributed by atoms with Crippen molar-refractivity contribution in [2.75, 3.05) is 0 Å². The molecule has 0 bridgehead atoms. The Hall–Kier alpha value is -1.34. The predicted molar refractivity (Wildman–Crippen MR) is 87.8 cm³/mol. The Kier molecular flexibility index (Phi) is 4.59. The third-order valence-electron chi connectivity index (χ3n) is 3.94. The van der Waals surface area contributed by atoms with E-state index in [1.807, 2.05) is 0 Å². The van der Waals surface area contributed by atoms with Crippen LogP contribution in [0.2, 0.25) is 11.1 Å². The van der Waals surface area contributed by atoms with Crippen molar-refractivity contribution in [2.24, 2.45) is 0 Å². The number of benzene rings is 2. The Bertz CT molecular complexity index is 448. The Balaban J connectivity index is 2.46. The molecule has 100 valence electrons. The minimum Gasteiger partial charge on any atom is -0.0683 e. The van der Waals surface area contributed by atoms with Gasteiger partial charge in [0, 0.05) is 15.4 Å². The average Bonchev–Trinajstić information content (AvgIpc) is 2.41. The zero-order valence-corrected chi connectivity index (χ0v) is 13.7. The van der Waals surface area contributed by atoms with Gasteiger partial charge in [-0.25, -0.2) is 0 Å². The molecule has 0 aliphatic carbocycles. The molecule has 0 atom stereocenters. The molecule has 1 heteroatoms. The van der Waals surface area contributed by atoms with Crippen molar-refractivity contribution in [3.05, 3.63) is 71.8 Å². The molecule has 0 nitrogen and oxygen atoms in total. The summed E-state index contributed by atoms with van der Waals surface area (Å²) in [6.07, 6.45) is 0. The molecule has 0 amide bonds. The third-order valence-corrected chi connectivity index (χ3v) is 6.14. The third kappa shape index (κ3) is 3.36. The van der Waals surface area contributed by atoms with Gasteiger partial charge in [0.25, 0.3) is 0 Å². The predicted octanol–water partition coefficient (Wildman–Crippen LogP) is 4.62. The summed E-state index contributed by atoms with van der Waals surface area (Å²) in [5.74, 6) is 0.529. The number of hydrogen-bond acceptors (Lipinski definition) is 0. The van der Waals surface area contributed by atoms with Crippen LogP contribution >= 0.6 is 0 Å². The molecule has 0 N–H and O–H groups in total. The lowest BCUT2D eigenvalue weighted by Crippen LogP contribution is -2.22. The van der Waals surface area contributed by atoms with E-state index >= 15 is 0 Å². The molecule has 2 aromatic carbocycles. The van der Waals surface area contributed by atoms with Gasteiger partial charge in [-0.3, -0.25) is 0 Å². The first kappa shape index (κ1) is 14.1. The van der Waals surface area contributed by atoms with Crippen molar-refractivity contribution in [2.45, 2.75) is 37.8 Å². The molecular weight excluding hydrogens is 244 g/mol. The van der Waals surface area contributed by atoms with Crippen molar-refractivity contribution in [1.29, 1.82) is 0 Å². The fourth-order valence-corrected chi connectivity index (χ4v) is 5.22. The minimum absolute atomic E-state index is 0.0854. The first-order chi connectivity index (χ1) is 9.15. The van der Waals surface area contributed by atoms with E-state index < -0.39 is 0 Å². The second-order valence-corrected chi connectivity index (χ2v) is 9.32. The van der Waals surface area contributed by atoms with Crippen molar-refractivity contribution in [1.82, 2.24) is 0 Å². The minimum atomic E-state index is -0.0854. The lowest BCUT2D eigenvalue weighted by atomic mass is 9.82. The van der Waals surface area contributed by atoms with Crippen LogP contribution in [0.3, 0.4) is 0 Å². The molecule has 0 fully saturated rings. The van der Waals surface area contributed by atoms with Gasteiger partial charge < -0.3 is 0 Å². The summed E-state index contributed by atoms with van der Waals surface area (Å²) in [6, 6.07) is 23.3. The first-order valence-corrected chi connectivity index (χ1v) is 8.96. The van der Waals surface area contributed by atoms with Crippen LogP contribution in [-0.4, -0.2) is 9.52 Å². The molecule has 0 saturated heterocycles. The van der Waals surface area contributed by atoms with Crippen molar-refractivity contribution < 1.29 is 0 Å². The molecule has 0 saturated carbocycles. The molecule has 0 aliphatic rings. The maximum Gasteiger partial charge on any atom is 0.0273 e. The highest BCUT2D eigenvalue weighted by Crippen LogP contribution is 2.45. The molecule has 0 unspecified atom stereocenters. The highest BCUT2D eigenvalue weighted by molar-refractivity contribution is 6.40. The van der Waals surface area contributed by atoms with E-state index in [9.17, 15) is 0 Å². The van der Waals surface area contributed by atoms with Crippen molar-refractivity contribution >= 4 is 9.52 Å². The van der Waals surface area contributed by atoms with Gasteiger partial charge in [0.1, 0.15) is 0 Å². The molecule has 0 radical (unpaired) electrons. The molecular formula is C18H24Si. The fourth-order valence-electron chi connectivity index (χ4n) is 3.17. The highest BCUT2D eigenvalue weighted by atomic mass is 28.2. The molecule has 0 spiro atoms. The lowest BCUT2D eigenvalue weighted by Gasteiger charge is -2.35. The van der Waals surface area contributed by atoms with Crippen LogP contribution in [0.1, 0.15) is 37.8 Å². The van der Waals surface area contributed by atoms with E-state index in [2.05, 4.69) is 81.4 Å². The van der Waals surface area contributed by atoms with Gasteiger partial charge in [0.05, 0.1) is 0 Å². The summed E-state index contributed by atoms with van der Waals surface area (Å²) >= 11 is 0. The number of rotatable bonds is 5. The second-order valence-electron chi connectivity index (χ2n) is 5.99. The average molecular weight is 268 g/mol. The second kappa shape index (κ2) is 6.20. The van der Waals surface area contributed by atoms with Crippen LogP contribution in [0.15, 0.2) is 60.7 Å². The molecule has 2 rings (SSSR count). The smallest absolute Gasteiger partial charge is 0.0273 e. The van der Waals surface area contributed by atoms with Crippen LogP contribution in [0, 0.1) is 0 Å². The topological polar surface area (TPSA) is 0 Å². The lowest BCUT2D eigenvalue weighted by molar-refractivity contribution is 0.580. The summed E-state index contributed by atoms with van der Waals surface area (Å²) in [5.41, 5.74) is 2.92. The van der Waals surface area contributed by atoms with Gasteiger partial charge in [-0.05, 0) is 16.2 Å².